The number of nitrogens with one attached hydrogen (secondary N) is 2. The molecule has 6 heteroatoms. The van der Waals surface area contributed by atoms with Crippen molar-refractivity contribution in [1.29, 1.82) is 0 Å². The number of nitrogens with zero attached hydrogens (tertiary/aromatic N) is 1. The lowest BCUT2D eigenvalue weighted by molar-refractivity contribution is -0.123. The molecule has 0 spiro atoms. The standard InChI is InChI=1S/C20H25N3O2S/c1-4-14(2)22-19(24)15(3)23-20(25)17-7-9-18(10-8-17)26-13-16-6-5-11-21-12-16/h5-12,14-15H,4,13H2,1-3H3,(H,22,24)(H,23,25). The molecule has 0 saturated carbocycles. The van der Waals surface area contributed by atoms with Gasteiger partial charge in [0.15, 0.2) is 0 Å². The number of thioether (sulfide) groups is 1. The summed E-state index contributed by atoms with van der Waals surface area (Å²) in [5.74, 6) is 0.406. The van der Waals surface area contributed by atoms with Gasteiger partial charge in [-0.15, -0.1) is 11.8 Å². The Bertz CT molecular complexity index is 720. The normalized spacial score (nSPS) is 12.9. The van der Waals surface area contributed by atoms with Crippen molar-refractivity contribution in [3.63, 3.8) is 0 Å². The molecule has 1 aromatic carbocycles. The summed E-state index contributed by atoms with van der Waals surface area (Å²) in [6.07, 6.45) is 4.46. The van der Waals surface area contributed by atoms with E-state index in [0.717, 1.165) is 22.6 Å². The Morgan fingerprint density at radius 2 is 1.85 bits per heavy atom. The van der Waals surface area contributed by atoms with Crippen LogP contribution in [0.2, 0.25) is 0 Å². The minimum atomic E-state index is -0.573. The topological polar surface area (TPSA) is 71.1 Å². The maximum Gasteiger partial charge on any atom is 0.251 e. The fourth-order valence-electron chi connectivity index (χ4n) is 2.17. The molecule has 2 rings (SSSR count). The van der Waals surface area contributed by atoms with Crippen LogP contribution in [0.1, 0.15) is 43.1 Å². The Morgan fingerprint density at radius 3 is 2.46 bits per heavy atom. The van der Waals surface area contributed by atoms with Gasteiger partial charge in [-0.25, -0.2) is 0 Å². The first-order valence-corrected chi connectivity index (χ1v) is 9.71. The number of rotatable bonds is 8. The van der Waals surface area contributed by atoms with E-state index in [2.05, 4.69) is 15.6 Å². The first-order chi connectivity index (χ1) is 12.5. The van der Waals surface area contributed by atoms with Crippen molar-refractivity contribution in [1.82, 2.24) is 15.6 Å². The van der Waals surface area contributed by atoms with E-state index < -0.39 is 6.04 Å². The van der Waals surface area contributed by atoms with Crippen molar-refractivity contribution < 1.29 is 9.59 Å². The van der Waals surface area contributed by atoms with Crippen molar-refractivity contribution >= 4 is 23.6 Å². The Balaban J connectivity index is 1.86. The van der Waals surface area contributed by atoms with Crippen molar-refractivity contribution in [3.05, 3.63) is 59.9 Å². The molecule has 0 radical (unpaired) electrons. The molecule has 2 amide bonds. The van der Waals surface area contributed by atoms with Crippen LogP contribution in [0.5, 0.6) is 0 Å². The van der Waals surface area contributed by atoms with Gasteiger partial charge in [0, 0.05) is 34.6 Å². The van der Waals surface area contributed by atoms with Crippen LogP contribution in [-0.2, 0) is 10.5 Å². The summed E-state index contributed by atoms with van der Waals surface area (Å²) >= 11 is 1.69. The van der Waals surface area contributed by atoms with E-state index in [9.17, 15) is 9.59 Å². The van der Waals surface area contributed by atoms with Gasteiger partial charge in [-0.2, -0.15) is 0 Å². The van der Waals surface area contributed by atoms with Crippen molar-refractivity contribution in [3.8, 4) is 0 Å². The lowest BCUT2D eigenvalue weighted by Gasteiger charge is -2.17. The van der Waals surface area contributed by atoms with Gasteiger partial charge in [-0.05, 0) is 56.2 Å². The number of hydrogen-bond donors (Lipinski definition) is 2. The maximum atomic E-state index is 12.3. The third kappa shape index (κ3) is 6.19. The summed E-state index contributed by atoms with van der Waals surface area (Å²) in [4.78, 5) is 29.5. The molecule has 1 aromatic heterocycles. The Hall–Kier alpha value is -2.34. The van der Waals surface area contributed by atoms with E-state index in [1.54, 1.807) is 37.0 Å². The van der Waals surface area contributed by atoms with Crippen LogP contribution in [0.15, 0.2) is 53.7 Å². The molecule has 2 aromatic rings. The fourth-order valence-corrected chi connectivity index (χ4v) is 3.00. The highest BCUT2D eigenvalue weighted by Crippen LogP contribution is 2.22. The first kappa shape index (κ1) is 20.0. The molecule has 0 aliphatic carbocycles. The zero-order valence-corrected chi connectivity index (χ0v) is 16.2. The highest BCUT2D eigenvalue weighted by Gasteiger charge is 2.17. The zero-order valence-electron chi connectivity index (χ0n) is 15.4. The predicted molar refractivity (Wildman–Crippen MR) is 105 cm³/mol. The van der Waals surface area contributed by atoms with Gasteiger partial charge in [0.05, 0.1) is 0 Å². The van der Waals surface area contributed by atoms with E-state index in [1.807, 2.05) is 44.3 Å². The molecule has 0 saturated heterocycles. The Morgan fingerprint density at radius 1 is 1.12 bits per heavy atom. The van der Waals surface area contributed by atoms with Gasteiger partial charge in [-0.3, -0.25) is 14.6 Å². The van der Waals surface area contributed by atoms with Crippen molar-refractivity contribution in [2.75, 3.05) is 0 Å². The van der Waals surface area contributed by atoms with Gasteiger partial charge in [-0.1, -0.05) is 13.0 Å². The average Bonchev–Trinajstić information content (AvgIpc) is 2.67. The highest BCUT2D eigenvalue weighted by molar-refractivity contribution is 7.98. The number of carbonyl (C=O) groups is 2. The molecule has 2 N–H and O–H groups in total. The van der Waals surface area contributed by atoms with Crippen LogP contribution in [0.3, 0.4) is 0 Å². The quantitative estimate of drug-likeness (QED) is 0.698. The van der Waals surface area contributed by atoms with Crippen LogP contribution in [0.25, 0.3) is 0 Å². The lowest BCUT2D eigenvalue weighted by atomic mass is 10.2. The lowest BCUT2D eigenvalue weighted by Crippen LogP contribution is -2.47. The monoisotopic (exact) mass is 371 g/mol. The molecular weight excluding hydrogens is 346 g/mol. The van der Waals surface area contributed by atoms with E-state index >= 15 is 0 Å². The summed E-state index contributed by atoms with van der Waals surface area (Å²) in [7, 11) is 0. The fraction of sp³-hybridized carbons (Fsp3) is 0.350. The van der Waals surface area contributed by atoms with E-state index in [-0.39, 0.29) is 17.9 Å². The van der Waals surface area contributed by atoms with Gasteiger partial charge in [0.25, 0.3) is 5.91 Å². The molecule has 138 valence electrons. The molecule has 1 heterocycles. The largest absolute Gasteiger partial charge is 0.352 e. The van der Waals surface area contributed by atoms with Crippen LogP contribution in [0, 0.1) is 0 Å². The average molecular weight is 372 g/mol. The second-order valence-corrected chi connectivity index (χ2v) is 7.24. The number of hydrogen-bond acceptors (Lipinski definition) is 4. The predicted octanol–water partition coefficient (Wildman–Crippen LogP) is 3.41. The first-order valence-electron chi connectivity index (χ1n) is 8.72. The molecule has 0 aliphatic heterocycles. The smallest absolute Gasteiger partial charge is 0.251 e. The SMILES string of the molecule is CCC(C)NC(=O)C(C)NC(=O)c1ccc(SCc2cccnc2)cc1. The minimum Gasteiger partial charge on any atom is -0.352 e. The summed E-state index contributed by atoms with van der Waals surface area (Å²) in [6.45, 7) is 5.63. The van der Waals surface area contributed by atoms with Crippen LogP contribution >= 0.6 is 11.8 Å². The molecule has 0 aliphatic rings. The zero-order chi connectivity index (χ0) is 18.9. The van der Waals surface area contributed by atoms with E-state index in [0.29, 0.717) is 5.56 Å². The number of carbonyl (C=O) groups excluding carboxylic acids is 2. The summed E-state index contributed by atoms with van der Waals surface area (Å²) in [5.41, 5.74) is 1.69. The van der Waals surface area contributed by atoms with Gasteiger partial charge >= 0.3 is 0 Å². The molecule has 2 atom stereocenters. The maximum absolute atomic E-state index is 12.3. The Kier molecular flexibility index (Phi) is 7.66. The Labute approximate surface area is 159 Å². The van der Waals surface area contributed by atoms with Gasteiger partial charge in [0.1, 0.15) is 6.04 Å². The third-order valence-electron chi connectivity index (χ3n) is 3.99. The number of benzene rings is 1. The summed E-state index contributed by atoms with van der Waals surface area (Å²) in [6, 6.07) is 10.9. The van der Waals surface area contributed by atoms with Crippen molar-refractivity contribution in [2.24, 2.45) is 0 Å². The van der Waals surface area contributed by atoms with E-state index in [4.69, 9.17) is 0 Å². The number of pyridine rings is 1. The molecule has 0 bridgehead atoms. The van der Waals surface area contributed by atoms with Gasteiger partial charge in [0.2, 0.25) is 5.91 Å². The van der Waals surface area contributed by atoms with E-state index in [1.165, 1.54) is 0 Å². The van der Waals surface area contributed by atoms with Crippen molar-refractivity contribution in [2.45, 2.75) is 49.9 Å². The molecule has 5 nitrogen and oxygen atoms in total. The molecule has 0 fully saturated rings. The number of amides is 2. The summed E-state index contributed by atoms with van der Waals surface area (Å²) < 4.78 is 0. The third-order valence-corrected chi connectivity index (χ3v) is 5.07. The molecule has 2 unspecified atom stereocenters. The second kappa shape index (κ2) is 9.97. The highest BCUT2D eigenvalue weighted by atomic mass is 32.2. The summed E-state index contributed by atoms with van der Waals surface area (Å²) in [5, 5.41) is 5.60. The van der Waals surface area contributed by atoms with Gasteiger partial charge < -0.3 is 10.6 Å². The van der Waals surface area contributed by atoms with Crippen LogP contribution < -0.4 is 10.6 Å². The molecular formula is C20H25N3O2S. The van der Waals surface area contributed by atoms with Crippen LogP contribution in [0.4, 0.5) is 0 Å². The number of aromatic nitrogens is 1. The molecule has 26 heavy (non-hydrogen) atoms. The minimum absolute atomic E-state index is 0.0953. The second-order valence-electron chi connectivity index (χ2n) is 6.19. The van der Waals surface area contributed by atoms with Crippen LogP contribution in [-0.4, -0.2) is 28.9 Å².